The fourth-order valence-electron chi connectivity index (χ4n) is 1.24. The van der Waals surface area contributed by atoms with Gasteiger partial charge in [-0.15, -0.1) is 0 Å². The molecule has 0 heterocycles. The summed E-state index contributed by atoms with van der Waals surface area (Å²) in [7, 11) is -1.25. The first kappa shape index (κ1) is 14.2. The summed E-state index contributed by atoms with van der Waals surface area (Å²) in [5, 5.41) is 0.457. The number of nitrogens with one attached hydrogen (secondary N) is 1. The molecule has 1 N–H and O–H groups in total. The normalized spacial score (nSPS) is 13.7. The first-order valence-corrected chi connectivity index (χ1v) is 8.99. The molecule has 0 radical (unpaired) electrons. The maximum Gasteiger partial charge on any atom is 0.124 e. The third-order valence-corrected chi connectivity index (χ3v) is 8.70. The second kappa shape index (κ2) is 5.31. The van der Waals surface area contributed by atoms with Crippen LogP contribution >= 0.6 is 0 Å². The van der Waals surface area contributed by atoms with Crippen molar-refractivity contribution in [2.75, 3.05) is 6.54 Å². The molecule has 0 aromatic heterocycles. The van der Waals surface area contributed by atoms with E-state index in [2.05, 4.69) is 52.7 Å². The van der Waals surface area contributed by atoms with Gasteiger partial charge in [0, 0.05) is 0 Å². The van der Waals surface area contributed by atoms with Gasteiger partial charge in [-0.2, -0.15) is 0 Å². The van der Waals surface area contributed by atoms with E-state index in [0.717, 1.165) is 5.92 Å². The van der Waals surface area contributed by atoms with Crippen LogP contribution in [0, 0.1) is 5.92 Å². The first-order chi connectivity index (χ1) is 6.24. The molecule has 0 saturated heterocycles. The van der Waals surface area contributed by atoms with Gasteiger partial charge in [0.15, 0.2) is 0 Å². The summed E-state index contributed by atoms with van der Waals surface area (Å²) >= 11 is 0. The van der Waals surface area contributed by atoms with Gasteiger partial charge in [-0.3, -0.25) is 0 Å². The molecule has 0 unspecified atom stereocenters. The molecule has 0 spiro atoms. The van der Waals surface area contributed by atoms with Crippen molar-refractivity contribution >= 4 is 8.24 Å². The van der Waals surface area contributed by atoms with E-state index < -0.39 is 8.24 Å². The predicted molar refractivity (Wildman–Crippen MR) is 69.3 cm³/mol. The minimum Gasteiger partial charge on any atom is -0.337 e. The molecular weight excluding hydrogens is 186 g/mol. The Morgan fingerprint density at radius 1 is 1.07 bits per heavy atom. The molecule has 1 nitrogen and oxygen atoms in total. The third kappa shape index (κ3) is 4.14. The molecule has 0 aliphatic rings. The fourth-order valence-corrected chi connectivity index (χ4v) is 2.57. The fraction of sp³-hybridized carbons (Fsp3) is 1.00. The Morgan fingerprint density at radius 2 is 1.50 bits per heavy atom. The largest absolute Gasteiger partial charge is 0.337 e. The second-order valence-corrected chi connectivity index (χ2v) is 11.0. The van der Waals surface area contributed by atoms with Gasteiger partial charge in [0.25, 0.3) is 0 Å². The Kier molecular flexibility index (Phi) is 5.38. The van der Waals surface area contributed by atoms with Crippen LogP contribution < -0.4 is 4.98 Å². The van der Waals surface area contributed by atoms with E-state index in [9.17, 15) is 0 Å². The zero-order valence-electron chi connectivity index (χ0n) is 11.2. The van der Waals surface area contributed by atoms with Crippen molar-refractivity contribution in [1.82, 2.24) is 4.98 Å². The van der Waals surface area contributed by atoms with Crippen molar-refractivity contribution in [3.05, 3.63) is 0 Å². The lowest BCUT2D eigenvalue weighted by Gasteiger charge is -2.38. The van der Waals surface area contributed by atoms with Crippen LogP contribution in [0.4, 0.5) is 0 Å². The van der Waals surface area contributed by atoms with E-state index in [1.807, 2.05) is 0 Å². The van der Waals surface area contributed by atoms with E-state index in [0.29, 0.717) is 5.04 Å². The first-order valence-electron chi connectivity index (χ1n) is 5.99. The standard InChI is InChI=1S/C12H29NSi/c1-8-11(9-2)10-13-14(6,7)12(3,4)5/h11,13H,8-10H2,1-7H3. The van der Waals surface area contributed by atoms with E-state index in [1.54, 1.807) is 0 Å². The average molecular weight is 215 g/mol. The number of hydrogen-bond acceptors (Lipinski definition) is 1. The summed E-state index contributed by atoms with van der Waals surface area (Å²) < 4.78 is 0. The molecule has 0 aliphatic heterocycles. The summed E-state index contributed by atoms with van der Waals surface area (Å²) in [6.07, 6.45) is 2.61. The topological polar surface area (TPSA) is 12.0 Å². The highest BCUT2D eigenvalue weighted by atomic mass is 28.3. The van der Waals surface area contributed by atoms with Crippen molar-refractivity contribution in [1.29, 1.82) is 0 Å². The minimum absolute atomic E-state index is 0.457. The summed E-state index contributed by atoms with van der Waals surface area (Å²) in [5.74, 6) is 0.865. The molecule has 0 atom stereocenters. The van der Waals surface area contributed by atoms with Crippen molar-refractivity contribution in [2.24, 2.45) is 5.92 Å². The predicted octanol–water partition coefficient (Wildman–Crippen LogP) is 4.02. The third-order valence-electron chi connectivity index (χ3n) is 3.86. The summed E-state index contributed by atoms with van der Waals surface area (Å²) in [6, 6.07) is 0. The van der Waals surface area contributed by atoms with Gasteiger partial charge in [0.1, 0.15) is 8.24 Å². The quantitative estimate of drug-likeness (QED) is 0.683. The Labute approximate surface area is 91.8 Å². The lowest BCUT2D eigenvalue weighted by atomic mass is 10.0. The zero-order chi connectivity index (χ0) is 11.4. The lowest BCUT2D eigenvalue weighted by Crippen LogP contribution is -2.53. The van der Waals surface area contributed by atoms with Gasteiger partial charge in [-0.1, -0.05) is 60.6 Å². The highest BCUT2D eigenvalue weighted by molar-refractivity contribution is 6.77. The second-order valence-electron chi connectivity index (χ2n) is 5.94. The van der Waals surface area contributed by atoms with Crippen LogP contribution in [0.3, 0.4) is 0 Å². The Morgan fingerprint density at radius 3 is 1.79 bits per heavy atom. The van der Waals surface area contributed by atoms with Crippen LogP contribution in [0.15, 0.2) is 0 Å². The molecule has 0 aromatic rings. The molecule has 0 amide bonds. The van der Waals surface area contributed by atoms with Crippen molar-refractivity contribution < 1.29 is 0 Å². The molecule has 86 valence electrons. The molecule has 0 bridgehead atoms. The van der Waals surface area contributed by atoms with Crippen LogP contribution in [0.2, 0.25) is 18.1 Å². The lowest BCUT2D eigenvalue weighted by molar-refractivity contribution is 0.479. The van der Waals surface area contributed by atoms with Gasteiger partial charge < -0.3 is 4.98 Å². The zero-order valence-corrected chi connectivity index (χ0v) is 12.2. The SMILES string of the molecule is CCC(CC)CN[Si](C)(C)C(C)(C)C. The molecule has 2 heteroatoms. The van der Waals surface area contributed by atoms with Gasteiger partial charge in [0.2, 0.25) is 0 Å². The van der Waals surface area contributed by atoms with E-state index in [4.69, 9.17) is 0 Å². The van der Waals surface area contributed by atoms with Crippen LogP contribution in [0.1, 0.15) is 47.5 Å². The molecule has 0 fully saturated rings. The van der Waals surface area contributed by atoms with E-state index in [1.165, 1.54) is 19.4 Å². The Hall–Kier alpha value is 0.177. The molecule has 14 heavy (non-hydrogen) atoms. The maximum atomic E-state index is 3.84. The Bertz CT molecular complexity index is 154. The summed E-state index contributed by atoms with van der Waals surface area (Å²) in [6.45, 7) is 17.8. The molecule has 0 aliphatic carbocycles. The monoisotopic (exact) mass is 215 g/mol. The smallest absolute Gasteiger partial charge is 0.124 e. The van der Waals surface area contributed by atoms with Crippen LogP contribution in [-0.4, -0.2) is 14.8 Å². The van der Waals surface area contributed by atoms with Crippen LogP contribution in [0.5, 0.6) is 0 Å². The number of hydrogen-bond donors (Lipinski definition) is 1. The molecule has 0 aromatic carbocycles. The minimum atomic E-state index is -1.25. The Balaban J connectivity index is 4.11. The van der Waals surface area contributed by atoms with Gasteiger partial charge in [-0.25, -0.2) is 0 Å². The summed E-state index contributed by atoms with van der Waals surface area (Å²) in [5.41, 5.74) is 0. The van der Waals surface area contributed by atoms with E-state index in [-0.39, 0.29) is 0 Å². The molecular formula is C12H29NSi. The van der Waals surface area contributed by atoms with Gasteiger partial charge in [-0.05, 0) is 17.5 Å². The van der Waals surface area contributed by atoms with Crippen LogP contribution in [-0.2, 0) is 0 Å². The molecule has 0 saturated carbocycles. The highest BCUT2D eigenvalue weighted by Crippen LogP contribution is 2.33. The highest BCUT2D eigenvalue weighted by Gasteiger charge is 2.35. The van der Waals surface area contributed by atoms with Crippen molar-refractivity contribution in [2.45, 2.75) is 65.6 Å². The molecule has 0 rings (SSSR count). The van der Waals surface area contributed by atoms with E-state index >= 15 is 0 Å². The average Bonchev–Trinajstić information content (AvgIpc) is 2.04. The number of rotatable bonds is 5. The van der Waals surface area contributed by atoms with Gasteiger partial charge in [0.05, 0.1) is 0 Å². The van der Waals surface area contributed by atoms with Crippen molar-refractivity contribution in [3.63, 3.8) is 0 Å². The van der Waals surface area contributed by atoms with Crippen molar-refractivity contribution in [3.8, 4) is 0 Å². The van der Waals surface area contributed by atoms with Gasteiger partial charge >= 0.3 is 0 Å². The maximum absolute atomic E-state index is 3.84. The van der Waals surface area contributed by atoms with Crippen LogP contribution in [0.25, 0.3) is 0 Å². The summed E-state index contributed by atoms with van der Waals surface area (Å²) in [4.78, 5) is 3.84.